The molecule has 0 N–H and O–H groups in total. The van der Waals surface area contributed by atoms with Crippen molar-refractivity contribution in [2.45, 2.75) is 0 Å². The zero-order chi connectivity index (χ0) is 19.4. The summed E-state index contributed by atoms with van der Waals surface area (Å²) in [5, 5.41) is 3.88. The molecule has 0 saturated carbocycles. The Bertz CT molecular complexity index is 895. The summed E-state index contributed by atoms with van der Waals surface area (Å²) in [7, 11) is 6.83. The second-order valence-corrected chi connectivity index (χ2v) is 6.92. The fourth-order valence-electron chi connectivity index (χ4n) is 2.60. The third-order valence-electron chi connectivity index (χ3n) is 3.89. The number of amides is 1. The Morgan fingerprint density at radius 3 is 2.44 bits per heavy atom. The first-order valence-electron chi connectivity index (χ1n) is 8.30. The minimum absolute atomic E-state index is 0.135. The standard InChI is InChI=1S/C20H21N3O3S/c1-22(2)23-19(24)18(27-20(23)21-15-8-6-5-7-9-15)13-14-12-16(25-3)10-11-17(14)26-4/h5-13H,1-4H3/b18-13+,21-20?. The van der Waals surface area contributed by atoms with Crippen LogP contribution in [0.25, 0.3) is 6.08 Å². The molecule has 1 heterocycles. The number of rotatable bonds is 5. The number of hydrogen-bond donors (Lipinski definition) is 0. The Labute approximate surface area is 163 Å². The number of aliphatic imine (C=N–C) groups is 1. The summed E-state index contributed by atoms with van der Waals surface area (Å²) in [5.74, 6) is 1.23. The maximum atomic E-state index is 12.9. The van der Waals surface area contributed by atoms with E-state index in [4.69, 9.17) is 9.47 Å². The molecule has 0 aliphatic carbocycles. The van der Waals surface area contributed by atoms with Gasteiger partial charge in [0, 0.05) is 19.7 Å². The molecule has 6 nitrogen and oxygen atoms in total. The second-order valence-electron chi connectivity index (χ2n) is 5.91. The monoisotopic (exact) mass is 383 g/mol. The summed E-state index contributed by atoms with van der Waals surface area (Å²) in [6.07, 6.45) is 1.80. The number of para-hydroxylation sites is 1. The van der Waals surface area contributed by atoms with Crippen LogP contribution in [0.5, 0.6) is 11.5 Å². The Morgan fingerprint density at radius 2 is 1.81 bits per heavy atom. The van der Waals surface area contributed by atoms with Gasteiger partial charge >= 0.3 is 0 Å². The molecule has 2 aromatic carbocycles. The van der Waals surface area contributed by atoms with Gasteiger partial charge in [-0.3, -0.25) is 4.79 Å². The van der Waals surface area contributed by atoms with E-state index in [-0.39, 0.29) is 5.91 Å². The first-order valence-corrected chi connectivity index (χ1v) is 9.12. The quantitative estimate of drug-likeness (QED) is 0.736. The predicted molar refractivity (Wildman–Crippen MR) is 109 cm³/mol. The van der Waals surface area contributed by atoms with Crippen molar-refractivity contribution < 1.29 is 14.3 Å². The van der Waals surface area contributed by atoms with Crippen LogP contribution in [0.3, 0.4) is 0 Å². The van der Waals surface area contributed by atoms with E-state index in [9.17, 15) is 4.79 Å². The van der Waals surface area contributed by atoms with E-state index in [1.807, 2.05) is 62.6 Å². The summed E-state index contributed by atoms with van der Waals surface area (Å²) >= 11 is 1.33. The molecule has 1 fully saturated rings. The number of carbonyl (C=O) groups excluding carboxylic acids is 1. The molecule has 0 radical (unpaired) electrons. The number of amidine groups is 1. The number of carbonyl (C=O) groups is 1. The zero-order valence-corrected chi connectivity index (χ0v) is 16.5. The maximum Gasteiger partial charge on any atom is 0.281 e. The van der Waals surface area contributed by atoms with E-state index in [0.29, 0.717) is 21.6 Å². The first kappa shape index (κ1) is 19.0. The van der Waals surface area contributed by atoms with Crippen molar-refractivity contribution in [1.29, 1.82) is 0 Å². The molecule has 0 unspecified atom stereocenters. The number of ether oxygens (including phenoxy) is 2. The van der Waals surface area contributed by atoms with E-state index < -0.39 is 0 Å². The van der Waals surface area contributed by atoms with Crippen molar-refractivity contribution in [3.05, 3.63) is 59.0 Å². The van der Waals surface area contributed by atoms with Gasteiger partial charge in [-0.1, -0.05) is 18.2 Å². The molecule has 140 valence electrons. The van der Waals surface area contributed by atoms with E-state index in [2.05, 4.69) is 4.99 Å². The van der Waals surface area contributed by atoms with Crippen molar-refractivity contribution in [3.8, 4) is 11.5 Å². The number of benzene rings is 2. The van der Waals surface area contributed by atoms with Gasteiger partial charge < -0.3 is 9.47 Å². The Morgan fingerprint density at radius 1 is 1.07 bits per heavy atom. The van der Waals surface area contributed by atoms with Crippen molar-refractivity contribution in [2.75, 3.05) is 28.3 Å². The average molecular weight is 383 g/mol. The molecule has 2 aromatic rings. The molecule has 3 rings (SSSR count). The number of thioether (sulfide) groups is 1. The first-order chi connectivity index (χ1) is 13.0. The molecular formula is C20H21N3O3S. The molecule has 1 aliphatic heterocycles. The molecule has 27 heavy (non-hydrogen) atoms. The lowest BCUT2D eigenvalue weighted by molar-refractivity contribution is -0.130. The topological polar surface area (TPSA) is 54.4 Å². The van der Waals surface area contributed by atoms with Crippen LogP contribution in [0, 0.1) is 0 Å². The molecule has 0 aromatic heterocycles. The van der Waals surface area contributed by atoms with Gasteiger partial charge in [0.15, 0.2) is 5.17 Å². The largest absolute Gasteiger partial charge is 0.497 e. The van der Waals surface area contributed by atoms with Gasteiger partial charge in [-0.15, -0.1) is 0 Å². The lowest BCUT2D eigenvalue weighted by Gasteiger charge is -2.22. The summed E-state index contributed by atoms with van der Waals surface area (Å²) in [5.41, 5.74) is 1.56. The second kappa shape index (κ2) is 8.28. The SMILES string of the molecule is COc1ccc(OC)c(/C=C2/SC(=Nc3ccccc3)N(N(C)C)C2=O)c1. The number of hydrogen-bond acceptors (Lipinski definition) is 6. The van der Waals surface area contributed by atoms with E-state index in [1.54, 1.807) is 30.3 Å². The van der Waals surface area contributed by atoms with Gasteiger partial charge in [-0.2, -0.15) is 0 Å². The highest BCUT2D eigenvalue weighted by molar-refractivity contribution is 8.18. The van der Waals surface area contributed by atoms with Gasteiger partial charge in [0.1, 0.15) is 11.5 Å². The average Bonchev–Trinajstić information content (AvgIpc) is 2.97. The van der Waals surface area contributed by atoms with E-state index >= 15 is 0 Å². The summed E-state index contributed by atoms with van der Waals surface area (Å²) in [6.45, 7) is 0. The number of nitrogens with zero attached hydrogens (tertiary/aromatic N) is 3. The molecule has 1 amide bonds. The smallest absolute Gasteiger partial charge is 0.281 e. The number of methoxy groups -OCH3 is 2. The molecule has 1 aliphatic rings. The van der Waals surface area contributed by atoms with Gasteiger partial charge in [0.2, 0.25) is 0 Å². The van der Waals surface area contributed by atoms with Crippen LogP contribution in [0.1, 0.15) is 5.56 Å². The van der Waals surface area contributed by atoms with Crippen LogP contribution in [-0.2, 0) is 4.79 Å². The maximum absolute atomic E-state index is 12.9. The molecule has 0 atom stereocenters. The highest BCUT2D eigenvalue weighted by atomic mass is 32.2. The van der Waals surface area contributed by atoms with E-state index in [1.165, 1.54) is 11.8 Å². The third kappa shape index (κ3) is 4.15. The van der Waals surface area contributed by atoms with Gasteiger partial charge in [0.25, 0.3) is 5.91 Å². The van der Waals surface area contributed by atoms with Crippen LogP contribution in [0.15, 0.2) is 58.4 Å². The summed E-state index contributed by atoms with van der Waals surface area (Å²) in [6, 6.07) is 15.0. The molecule has 0 bridgehead atoms. The fraction of sp³-hybridized carbons (Fsp3) is 0.200. The van der Waals surface area contributed by atoms with E-state index in [0.717, 1.165) is 11.3 Å². The zero-order valence-electron chi connectivity index (χ0n) is 15.7. The van der Waals surface area contributed by atoms with Gasteiger partial charge in [-0.05, 0) is 48.2 Å². The highest BCUT2D eigenvalue weighted by Gasteiger charge is 2.35. The molecule has 0 spiro atoms. The van der Waals surface area contributed by atoms with Crippen LogP contribution in [0.2, 0.25) is 0 Å². The minimum Gasteiger partial charge on any atom is -0.497 e. The highest BCUT2D eigenvalue weighted by Crippen LogP contribution is 2.36. The Balaban J connectivity index is 2.01. The third-order valence-corrected chi connectivity index (χ3v) is 4.85. The summed E-state index contributed by atoms with van der Waals surface area (Å²) < 4.78 is 10.7. The summed E-state index contributed by atoms with van der Waals surface area (Å²) in [4.78, 5) is 18.1. The van der Waals surface area contributed by atoms with Crippen LogP contribution >= 0.6 is 11.8 Å². The van der Waals surface area contributed by atoms with Crippen LogP contribution < -0.4 is 9.47 Å². The predicted octanol–water partition coefficient (Wildman–Crippen LogP) is 3.78. The van der Waals surface area contributed by atoms with Crippen LogP contribution in [-0.4, -0.2) is 49.4 Å². The Hall–Kier alpha value is -2.77. The number of hydrazine groups is 1. The van der Waals surface area contributed by atoms with Crippen molar-refractivity contribution in [1.82, 2.24) is 10.0 Å². The molecular weight excluding hydrogens is 362 g/mol. The normalized spacial score (nSPS) is 17.2. The lowest BCUT2D eigenvalue weighted by Crippen LogP contribution is -2.40. The molecule has 1 saturated heterocycles. The van der Waals surface area contributed by atoms with Crippen molar-refractivity contribution in [2.24, 2.45) is 4.99 Å². The minimum atomic E-state index is -0.135. The fourth-order valence-corrected chi connectivity index (χ4v) is 3.64. The van der Waals surface area contributed by atoms with Crippen LogP contribution in [0.4, 0.5) is 5.69 Å². The van der Waals surface area contributed by atoms with Gasteiger partial charge in [-0.25, -0.2) is 15.0 Å². The van der Waals surface area contributed by atoms with Crippen molar-refractivity contribution >= 4 is 34.6 Å². The Kier molecular flexibility index (Phi) is 5.83. The van der Waals surface area contributed by atoms with Gasteiger partial charge in [0.05, 0.1) is 24.8 Å². The lowest BCUT2D eigenvalue weighted by atomic mass is 10.1. The molecule has 7 heteroatoms. The van der Waals surface area contributed by atoms with Crippen molar-refractivity contribution in [3.63, 3.8) is 0 Å².